The van der Waals surface area contributed by atoms with Gasteiger partial charge in [0.2, 0.25) is 10.0 Å². The quantitative estimate of drug-likeness (QED) is 0.806. The monoisotopic (exact) mass is 376 g/mol. The highest BCUT2D eigenvalue weighted by Gasteiger charge is 2.20. The molecule has 2 rings (SSSR count). The molecular formula is C19H24N2O4S. The number of anilines is 1. The van der Waals surface area contributed by atoms with E-state index in [2.05, 4.69) is 5.32 Å². The van der Waals surface area contributed by atoms with Crippen molar-refractivity contribution < 1.29 is 17.9 Å². The van der Waals surface area contributed by atoms with E-state index in [4.69, 9.17) is 4.74 Å². The summed E-state index contributed by atoms with van der Waals surface area (Å²) in [7, 11) is -1.98. The number of ether oxygens (including phenoxy) is 1. The molecule has 0 saturated carbocycles. The molecule has 0 bridgehead atoms. The van der Waals surface area contributed by atoms with Gasteiger partial charge >= 0.3 is 0 Å². The van der Waals surface area contributed by atoms with Crippen LogP contribution in [0.4, 0.5) is 5.69 Å². The molecule has 7 heteroatoms. The number of carbonyl (C=O) groups excluding carboxylic acids is 1. The topological polar surface area (TPSA) is 75.7 Å². The molecule has 26 heavy (non-hydrogen) atoms. The molecule has 1 amide bonds. The zero-order valence-electron chi connectivity index (χ0n) is 15.4. The van der Waals surface area contributed by atoms with Crippen LogP contribution in [-0.2, 0) is 10.0 Å². The van der Waals surface area contributed by atoms with E-state index in [1.165, 1.54) is 11.4 Å². The maximum atomic E-state index is 12.4. The fourth-order valence-electron chi connectivity index (χ4n) is 2.65. The smallest absolute Gasteiger partial charge is 0.255 e. The zero-order valence-corrected chi connectivity index (χ0v) is 16.3. The Morgan fingerprint density at radius 1 is 1.15 bits per heavy atom. The van der Waals surface area contributed by atoms with Gasteiger partial charge in [-0.15, -0.1) is 0 Å². The molecule has 1 N–H and O–H groups in total. The molecule has 0 aromatic heterocycles. The molecule has 0 heterocycles. The summed E-state index contributed by atoms with van der Waals surface area (Å²) in [5.74, 6) is 0.163. The molecule has 0 saturated heterocycles. The second kappa shape index (κ2) is 8.23. The number of carbonyl (C=O) groups is 1. The minimum absolute atomic E-state index is 0.143. The Morgan fingerprint density at radius 2 is 1.85 bits per heavy atom. The third-order valence-corrected chi connectivity index (χ3v) is 5.17. The maximum absolute atomic E-state index is 12.4. The van der Waals surface area contributed by atoms with Gasteiger partial charge in [-0.3, -0.25) is 9.10 Å². The number of nitrogens with one attached hydrogen (secondary N) is 1. The van der Waals surface area contributed by atoms with E-state index in [0.717, 1.165) is 17.4 Å². The van der Waals surface area contributed by atoms with Crippen LogP contribution in [0.15, 0.2) is 42.5 Å². The van der Waals surface area contributed by atoms with Crippen LogP contribution in [0.5, 0.6) is 5.75 Å². The van der Waals surface area contributed by atoms with Crippen LogP contribution in [0.1, 0.15) is 21.5 Å². The van der Waals surface area contributed by atoms with Crippen molar-refractivity contribution in [3.8, 4) is 5.75 Å². The van der Waals surface area contributed by atoms with Crippen molar-refractivity contribution in [2.75, 3.05) is 30.8 Å². The minimum atomic E-state index is -3.48. The lowest BCUT2D eigenvalue weighted by Gasteiger charge is -2.24. The first-order valence-corrected chi connectivity index (χ1v) is 10.0. The summed E-state index contributed by atoms with van der Waals surface area (Å²) < 4.78 is 31.0. The fraction of sp³-hybridized carbons (Fsp3) is 0.316. The summed E-state index contributed by atoms with van der Waals surface area (Å²) in [6, 6.07) is 12.5. The summed E-state index contributed by atoms with van der Waals surface area (Å²) in [5.41, 5.74) is 2.86. The molecule has 0 spiro atoms. The van der Waals surface area contributed by atoms with Gasteiger partial charge in [-0.2, -0.15) is 0 Å². The van der Waals surface area contributed by atoms with Gasteiger partial charge in [0.1, 0.15) is 5.75 Å². The highest BCUT2D eigenvalue weighted by Crippen LogP contribution is 2.23. The third kappa shape index (κ3) is 4.76. The summed E-state index contributed by atoms with van der Waals surface area (Å²) in [5, 5.41) is 2.76. The standard InChI is InChI=1S/C19H24N2O4S/c1-14-9-10-15(2)17(13-14)21(26(4,23)24)12-11-20-19(22)16-7-5-6-8-18(16)25-3/h5-10,13H,11-12H2,1-4H3,(H,20,22). The van der Waals surface area contributed by atoms with Crippen molar-refractivity contribution in [2.24, 2.45) is 0 Å². The number of benzene rings is 2. The minimum Gasteiger partial charge on any atom is -0.496 e. The van der Waals surface area contributed by atoms with Crippen LogP contribution in [0.3, 0.4) is 0 Å². The Labute approximate surface area is 154 Å². The molecule has 0 unspecified atom stereocenters. The predicted octanol–water partition coefficient (Wildman–Crippen LogP) is 2.51. The number of amides is 1. The molecular weight excluding hydrogens is 352 g/mol. The first-order chi connectivity index (χ1) is 12.2. The van der Waals surface area contributed by atoms with Crippen LogP contribution in [0.2, 0.25) is 0 Å². The first-order valence-electron chi connectivity index (χ1n) is 8.20. The van der Waals surface area contributed by atoms with Gasteiger partial charge in [-0.1, -0.05) is 24.3 Å². The largest absolute Gasteiger partial charge is 0.496 e. The van der Waals surface area contributed by atoms with Crippen molar-refractivity contribution in [3.05, 3.63) is 59.2 Å². The third-order valence-electron chi connectivity index (χ3n) is 3.99. The summed E-state index contributed by atoms with van der Waals surface area (Å²) in [6.07, 6.45) is 1.16. The average molecular weight is 376 g/mol. The first kappa shape index (κ1) is 19.8. The maximum Gasteiger partial charge on any atom is 0.255 e. The van der Waals surface area contributed by atoms with Crippen LogP contribution >= 0.6 is 0 Å². The second-order valence-corrected chi connectivity index (χ2v) is 7.99. The molecule has 0 aliphatic carbocycles. The van der Waals surface area contributed by atoms with Crippen LogP contribution in [0.25, 0.3) is 0 Å². The number of para-hydroxylation sites is 1. The average Bonchev–Trinajstić information content (AvgIpc) is 2.59. The van der Waals surface area contributed by atoms with Crippen molar-refractivity contribution in [3.63, 3.8) is 0 Å². The molecule has 6 nitrogen and oxygen atoms in total. The number of nitrogens with zero attached hydrogens (tertiary/aromatic N) is 1. The van der Waals surface area contributed by atoms with Gasteiger partial charge in [0.15, 0.2) is 0 Å². The molecule has 0 aliphatic heterocycles. The Kier molecular flexibility index (Phi) is 6.26. The number of methoxy groups -OCH3 is 1. The Morgan fingerprint density at radius 3 is 2.50 bits per heavy atom. The second-order valence-electron chi connectivity index (χ2n) is 6.08. The molecule has 0 atom stereocenters. The van der Waals surface area contributed by atoms with E-state index in [1.807, 2.05) is 32.0 Å². The van der Waals surface area contributed by atoms with Crippen LogP contribution in [-0.4, -0.2) is 40.8 Å². The molecule has 2 aromatic rings. The van der Waals surface area contributed by atoms with Crippen LogP contribution in [0, 0.1) is 13.8 Å². The highest BCUT2D eigenvalue weighted by atomic mass is 32.2. The van der Waals surface area contributed by atoms with Gasteiger partial charge in [0, 0.05) is 6.54 Å². The Bertz CT molecular complexity index is 894. The summed E-state index contributed by atoms with van der Waals surface area (Å²) >= 11 is 0. The zero-order chi connectivity index (χ0) is 19.3. The number of hydrogen-bond acceptors (Lipinski definition) is 4. The Hall–Kier alpha value is -2.54. The summed E-state index contributed by atoms with van der Waals surface area (Å²) in [6.45, 7) is 4.09. The van der Waals surface area contributed by atoms with Gasteiger partial charge in [0.05, 0.1) is 31.2 Å². The van der Waals surface area contributed by atoms with Crippen LogP contribution < -0.4 is 14.4 Å². The number of aryl methyl sites for hydroxylation is 2. The van der Waals surface area contributed by atoms with E-state index in [0.29, 0.717) is 17.0 Å². The van der Waals surface area contributed by atoms with Crippen molar-refractivity contribution >= 4 is 21.6 Å². The normalized spacial score (nSPS) is 11.1. The van der Waals surface area contributed by atoms with Gasteiger partial charge < -0.3 is 10.1 Å². The molecule has 0 fully saturated rings. The van der Waals surface area contributed by atoms with Gasteiger partial charge in [-0.05, 0) is 43.2 Å². The lowest BCUT2D eigenvalue weighted by molar-refractivity contribution is 0.0952. The van der Waals surface area contributed by atoms with Crippen molar-refractivity contribution in [1.82, 2.24) is 5.32 Å². The number of sulfonamides is 1. The molecule has 0 aliphatic rings. The van der Waals surface area contributed by atoms with E-state index >= 15 is 0 Å². The van der Waals surface area contributed by atoms with Gasteiger partial charge in [0.25, 0.3) is 5.91 Å². The van der Waals surface area contributed by atoms with Crippen molar-refractivity contribution in [1.29, 1.82) is 0 Å². The molecule has 0 radical (unpaired) electrons. The SMILES string of the molecule is COc1ccccc1C(=O)NCCN(c1cc(C)ccc1C)S(C)(=O)=O. The van der Waals surface area contributed by atoms with E-state index < -0.39 is 10.0 Å². The van der Waals surface area contributed by atoms with E-state index in [-0.39, 0.29) is 19.0 Å². The molecule has 2 aromatic carbocycles. The lowest BCUT2D eigenvalue weighted by atomic mass is 10.1. The lowest BCUT2D eigenvalue weighted by Crippen LogP contribution is -2.38. The predicted molar refractivity (Wildman–Crippen MR) is 103 cm³/mol. The fourth-order valence-corrected chi connectivity index (χ4v) is 3.63. The van der Waals surface area contributed by atoms with Gasteiger partial charge in [-0.25, -0.2) is 8.42 Å². The number of hydrogen-bond donors (Lipinski definition) is 1. The molecule has 140 valence electrons. The van der Waals surface area contributed by atoms with Crippen molar-refractivity contribution in [2.45, 2.75) is 13.8 Å². The Balaban J connectivity index is 2.14. The van der Waals surface area contributed by atoms with E-state index in [1.54, 1.807) is 24.3 Å². The highest BCUT2D eigenvalue weighted by molar-refractivity contribution is 7.92. The summed E-state index contributed by atoms with van der Waals surface area (Å²) in [4.78, 5) is 12.4. The number of rotatable bonds is 7. The van der Waals surface area contributed by atoms with E-state index in [9.17, 15) is 13.2 Å².